The largest absolute Gasteiger partial charge is 0.444 e. The van der Waals surface area contributed by atoms with Crippen molar-refractivity contribution in [2.75, 3.05) is 50.7 Å². The van der Waals surface area contributed by atoms with E-state index >= 15 is 4.39 Å². The number of nitrogens with zero attached hydrogens (tertiary/aromatic N) is 6. The summed E-state index contributed by atoms with van der Waals surface area (Å²) >= 11 is 1.59. The summed E-state index contributed by atoms with van der Waals surface area (Å²) in [5.74, 6) is -0.500. The summed E-state index contributed by atoms with van der Waals surface area (Å²) in [6.07, 6.45) is -0.567. The standard InChI is InChI=1S/C41H58FN7O6S/c1-25(2)35(38(52)49-22-31(50)19-32(49)37(51)44-27(4)29-9-11-30(12-10-29)36-28(5)43-24-56-36)33-20-34(45-55-33)48-18-17-46(21-26(48)3)23-41(42)13-15-47(16-14-41)39(53)54-40(6,7)8/h9-12,20,24-27,31-32,35,50H,13-19,21-23H2,1-8H3,(H,44,51)/t26-,27?,31-,32+,35?/m1/s1. The van der Waals surface area contributed by atoms with Gasteiger partial charge in [-0.05, 0) is 58.6 Å². The third-order valence-electron chi connectivity index (χ3n) is 11.2. The van der Waals surface area contributed by atoms with E-state index in [9.17, 15) is 19.5 Å². The average molecular weight is 796 g/mol. The number of aryl methyl sites for hydroxylation is 1. The molecular weight excluding hydrogens is 738 g/mol. The third kappa shape index (κ3) is 9.54. The third-order valence-corrected chi connectivity index (χ3v) is 12.2. The van der Waals surface area contributed by atoms with Crippen LogP contribution in [0.15, 0.2) is 40.4 Å². The minimum Gasteiger partial charge on any atom is -0.444 e. The maximum atomic E-state index is 16.0. The van der Waals surface area contributed by atoms with Crippen LogP contribution >= 0.6 is 11.3 Å². The zero-order valence-electron chi connectivity index (χ0n) is 34.0. The Balaban J connectivity index is 1.05. The SMILES string of the molecule is Cc1ncsc1-c1ccc(C(C)NC(=O)[C@@H]2C[C@@H](O)CN2C(=O)C(c2cc(N3CCN(CC4(F)CCN(C(=O)OC(C)(C)C)CC4)C[C@H]3C)no2)C(C)C)cc1. The van der Waals surface area contributed by atoms with Crippen LogP contribution in [0.5, 0.6) is 0 Å². The van der Waals surface area contributed by atoms with Gasteiger partial charge in [0.15, 0.2) is 11.6 Å². The predicted octanol–water partition coefficient (Wildman–Crippen LogP) is 5.94. The van der Waals surface area contributed by atoms with Crippen LogP contribution in [-0.4, -0.2) is 123 Å². The lowest BCUT2D eigenvalue weighted by Gasteiger charge is -2.44. The molecule has 306 valence electrons. The number of benzene rings is 1. The zero-order valence-corrected chi connectivity index (χ0v) is 34.8. The number of carbonyl (C=O) groups is 3. The molecule has 3 amide bonds. The van der Waals surface area contributed by atoms with E-state index in [1.807, 2.05) is 78.2 Å². The minimum atomic E-state index is -1.39. The number of carbonyl (C=O) groups excluding carboxylic acids is 3. The normalized spacial score (nSPS) is 23.0. The van der Waals surface area contributed by atoms with E-state index in [1.54, 1.807) is 22.3 Å². The van der Waals surface area contributed by atoms with Crippen molar-refractivity contribution in [1.29, 1.82) is 0 Å². The Hall–Kier alpha value is -4.08. The van der Waals surface area contributed by atoms with Gasteiger partial charge in [-0.3, -0.25) is 14.5 Å². The van der Waals surface area contributed by atoms with Crippen LogP contribution in [0.2, 0.25) is 0 Å². The van der Waals surface area contributed by atoms with Crippen LogP contribution in [0.25, 0.3) is 10.4 Å². The summed E-state index contributed by atoms with van der Waals surface area (Å²) in [5.41, 5.74) is 2.80. The number of aliphatic hydroxyl groups is 1. The molecule has 5 heterocycles. The Morgan fingerprint density at radius 1 is 1.09 bits per heavy atom. The number of thiazole rings is 1. The van der Waals surface area contributed by atoms with Crippen LogP contribution in [0.3, 0.4) is 0 Å². The number of nitrogens with one attached hydrogen (secondary N) is 1. The molecule has 3 aliphatic rings. The summed E-state index contributed by atoms with van der Waals surface area (Å²) in [7, 11) is 0. The number of piperazine rings is 1. The highest BCUT2D eigenvalue weighted by Crippen LogP contribution is 2.35. The first-order valence-corrected chi connectivity index (χ1v) is 20.7. The number of ether oxygens (including phenoxy) is 1. The maximum Gasteiger partial charge on any atom is 0.410 e. The Bertz CT molecular complexity index is 1840. The van der Waals surface area contributed by atoms with E-state index < -0.39 is 35.4 Å². The molecule has 5 atom stereocenters. The molecule has 0 spiro atoms. The lowest BCUT2D eigenvalue weighted by molar-refractivity contribution is -0.141. The van der Waals surface area contributed by atoms with Crippen molar-refractivity contribution < 1.29 is 33.1 Å². The Morgan fingerprint density at radius 2 is 1.79 bits per heavy atom. The first kappa shape index (κ1) is 41.6. The Labute approximate surface area is 333 Å². The fraction of sp³-hybridized carbons (Fsp3) is 0.634. The van der Waals surface area contributed by atoms with E-state index in [1.165, 1.54) is 4.90 Å². The number of hydrogen-bond donors (Lipinski definition) is 2. The molecular formula is C41H58FN7O6S. The van der Waals surface area contributed by atoms with Crippen LogP contribution in [0.4, 0.5) is 15.0 Å². The van der Waals surface area contributed by atoms with Gasteiger partial charge >= 0.3 is 6.09 Å². The number of amides is 3. The molecule has 0 saturated carbocycles. The van der Waals surface area contributed by atoms with E-state index in [-0.39, 0.29) is 62.2 Å². The molecule has 2 N–H and O–H groups in total. The van der Waals surface area contributed by atoms with Gasteiger partial charge in [0.05, 0.1) is 28.2 Å². The highest BCUT2D eigenvalue weighted by Gasteiger charge is 2.44. The van der Waals surface area contributed by atoms with E-state index in [0.29, 0.717) is 44.3 Å². The number of piperidine rings is 1. The first-order chi connectivity index (χ1) is 26.4. The number of aromatic nitrogens is 2. The number of aliphatic hydroxyl groups excluding tert-OH is 1. The van der Waals surface area contributed by atoms with Crippen molar-refractivity contribution in [3.05, 3.63) is 52.9 Å². The Kier molecular flexibility index (Phi) is 12.5. The number of alkyl halides is 1. The van der Waals surface area contributed by atoms with Gasteiger partial charge in [-0.15, -0.1) is 11.3 Å². The second-order valence-electron chi connectivity index (χ2n) is 17.2. The fourth-order valence-electron chi connectivity index (χ4n) is 8.17. The minimum absolute atomic E-state index is 0.00262. The summed E-state index contributed by atoms with van der Waals surface area (Å²) < 4.78 is 27.4. The number of halogens is 1. The summed E-state index contributed by atoms with van der Waals surface area (Å²) in [4.78, 5) is 53.2. The molecule has 0 bridgehead atoms. The van der Waals surface area contributed by atoms with E-state index in [0.717, 1.165) is 21.7 Å². The van der Waals surface area contributed by atoms with Crippen molar-refractivity contribution in [3.8, 4) is 10.4 Å². The molecule has 56 heavy (non-hydrogen) atoms. The number of anilines is 1. The van der Waals surface area contributed by atoms with Crippen molar-refractivity contribution in [1.82, 2.24) is 30.2 Å². The van der Waals surface area contributed by atoms with Crippen LogP contribution in [-0.2, 0) is 14.3 Å². The Morgan fingerprint density at radius 3 is 2.39 bits per heavy atom. The molecule has 13 nitrogen and oxygen atoms in total. The van der Waals surface area contributed by atoms with Crippen LogP contribution in [0, 0.1) is 12.8 Å². The molecule has 3 aromatic rings. The zero-order chi connectivity index (χ0) is 40.5. The molecule has 3 aliphatic heterocycles. The molecule has 15 heteroatoms. The number of likely N-dealkylation sites (tertiary alicyclic amines) is 2. The second kappa shape index (κ2) is 16.8. The van der Waals surface area contributed by atoms with Gasteiger partial charge in [-0.1, -0.05) is 43.3 Å². The van der Waals surface area contributed by atoms with Gasteiger partial charge < -0.3 is 34.4 Å². The lowest BCUT2D eigenvalue weighted by atomic mass is 9.91. The monoisotopic (exact) mass is 795 g/mol. The van der Waals surface area contributed by atoms with Crippen LogP contribution < -0.4 is 10.2 Å². The van der Waals surface area contributed by atoms with Crippen molar-refractivity contribution in [2.24, 2.45) is 5.92 Å². The number of rotatable bonds is 10. The molecule has 2 unspecified atom stereocenters. The van der Waals surface area contributed by atoms with Crippen molar-refractivity contribution in [3.63, 3.8) is 0 Å². The molecule has 0 radical (unpaired) electrons. The molecule has 0 aliphatic carbocycles. The average Bonchev–Trinajstić information content (AvgIpc) is 3.88. The smallest absolute Gasteiger partial charge is 0.410 e. The predicted molar refractivity (Wildman–Crippen MR) is 213 cm³/mol. The maximum absolute atomic E-state index is 16.0. The molecule has 1 aromatic carbocycles. The highest BCUT2D eigenvalue weighted by molar-refractivity contribution is 7.13. The second-order valence-corrected chi connectivity index (χ2v) is 18.1. The topological polar surface area (TPSA) is 145 Å². The van der Waals surface area contributed by atoms with Gasteiger partial charge in [0.25, 0.3) is 0 Å². The summed E-state index contributed by atoms with van der Waals surface area (Å²) in [6, 6.07) is 8.66. The highest BCUT2D eigenvalue weighted by atomic mass is 32.1. The summed E-state index contributed by atoms with van der Waals surface area (Å²) in [5, 5.41) is 18.2. The fourth-order valence-corrected chi connectivity index (χ4v) is 8.98. The van der Waals surface area contributed by atoms with Gasteiger partial charge in [-0.2, -0.15) is 0 Å². The van der Waals surface area contributed by atoms with Crippen molar-refractivity contribution in [2.45, 2.75) is 116 Å². The van der Waals surface area contributed by atoms with Gasteiger partial charge in [-0.25, -0.2) is 14.2 Å². The summed E-state index contributed by atoms with van der Waals surface area (Å²) in [6.45, 7) is 18.1. The number of hydrogen-bond acceptors (Lipinski definition) is 11. The van der Waals surface area contributed by atoms with E-state index in [4.69, 9.17) is 9.26 Å². The van der Waals surface area contributed by atoms with Gasteiger partial charge in [0, 0.05) is 77.2 Å². The van der Waals surface area contributed by atoms with Gasteiger partial charge in [0.1, 0.15) is 23.2 Å². The van der Waals surface area contributed by atoms with Gasteiger partial charge in [0.2, 0.25) is 11.8 Å². The molecule has 3 saturated heterocycles. The lowest BCUT2D eigenvalue weighted by Crippen LogP contribution is -2.57. The number of β-amino-alcohol motifs (C(OH)–C–C–N with tert-alkyl or cyclic N) is 1. The van der Waals surface area contributed by atoms with Crippen LogP contribution in [0.1, 0.15) is 96.7 Å². The molecule has 6 rings (SSSR count). The van der Waals surface area contributed by atoms with Crippen molar-refractivity contribution >= 4 is 35.1 Å². The molecule has 2 aromatic heterocycles. The molecule has 3 fully saturated rings. The van der Waals surface area contributed by atoms with E-state index in [2.05, 4.69) is 32.2 Å². The quantitative estimate of drug-likeness (QED) is 0.253. The first-order valence-electron chi connectivity index (χ1n) is 19.8.